The van der Waals surface area contributed by atoms with Gasteiger partial charge in [0.25, 0.3) is 5.91 Å². The van der Waals surface area contributed by atoms with E-state index >= 15 is 0 Å². The molecule has 128 valence electrons. The highest BCUT2D eigenvalue weighted by atomic mass is 32.1. The van der Waals surface area contributed by atoms with E-state index in [4.69, 9.17) is 9.47 Å². The van der Waals surface area contributed by atoms with Gasteiger partial charge in [-0.25, -0.2) is 4.98 Å². The highest BCUT2D eigenvalue weighted by molar-refractivity contribution is 7.17. The van der Waals surface area contributed by atoms with Crippen molar-refractivity contribution >= 4 is 17.2 Å². The van der Waals surface area contributed by atoms with Gasteiger partial charge in [-0.2, -0.15) is 0 Å². The second kappa shape index (κ2) is 7.32. The van der Waals surface area contributed by atoms with Crippen LogP contribution in [0, 0.1) is 6.92 Å². The van der Waals surface area contributed by atoms with Crippen molar-refractivity contribution in [3.8, 4) is 16.3 Å². The van der Waals surface area contributed by atoms with Crippen LogP contribution in [0.2, 0.25) is 0 Å². The molecule has 1 saturated heterocycles. The number of methoxy groups -OCH3 is 1. The van der Waals surface area contributed by atoms with Gasteiger partial charge in [-0.3, -0.25) is 4.79 Å². The average molecular weight is 346 g/mol. The molecule has 0 spiro atoms. The van der Waals surface area contributed by atoms with E-state index in [2.05, 4.69) is 10.3 Å². The Hall–Kier alpha value is -1.92. The maximum absolute atomic E-state index is 12.6. The molecule has 24 heavy (non-hydrogen) atoms. The van der Waals surface area contributed by atoms with Crippen LogP contribution < -0.4 is 10.1 Å². The van der Waals surface area contributed by atoms with Gasteiger partial charge in [0.05, 0.1) is 24.9 Å². The zero-order valence-electron chi connectivity index (χ0n) is 14.2. The first-order valence-corrected chi connectivity index (χ1v) is 8.94. The Bertz CT molecular complexity index is 706. The van der Waals surface area contributed by atoms with E-state index in [-0.39, 0.29) is 18.1 Å². The summed E-state index contributed by atoms with van der Waals surface area (Å²) in [5.41, 5.74) is 1.73. The molecule has 0 radical (unpaired) electrons. The van der Waals surface area contributed by atoms with Gasteiger partial charge in [0.15, 0.2) is 0 Å². The van der Waals surface area contributed by atoms with E-state index in [9.17, 15) is 4.79 Å². The summed E-state index contributed by atoms with van der Waals surface area (Å²) >= 11 is 1.41. The number of rotatable bonds is 5. The number of nitrogens with one attached hydrogen (secondary N) is 1. The maximum atomic E-state index is 12.6. The van der Waals surface area contributed by atoms with Gasteiger partial charge < -0.3 is 14.8 Å². The van der Waals surface area contributed by atoms with Gasteiger partial charge in [-0.15, -0.1) is 11.3 Å². The van der Waals surface area contributed by atoms with Crippen molar-refractivity contribution in [3.05, 3.63) is 34.8 Å². The van der Waals surface area contributed by atoms with Gasteiger partial charge in [0.1, 0.15) is 15.6 Å². The van der Waals surface area contributed by atoms with Crippen LogP contribution >= 0.6 is 11.3 Å². The minimum atomic E-state index is -0.0761. The van der Waals surface area contributed by atoms with E-state index < -0.39 is 0 Å². The van der Waals surface area contributed by atoms with Crippen LogP contribution in [0.5, 0.6) is 5.75 Å². The predicted octanol–water partition coefficient (Wildman–Crippen LogP) is 3.42. The lowest BCUT2D eigenvalue weighted by atomic mass is 10.1. The molecule has 2 aromatic rings. The lowest BCUT2D eigenvalue weighted by Crippen LogP contribution is -2.40. The molecule has 5 nitrogen and oxygen atoms in total. The van der Waals surface area contributed by atoms with Crippen molar-refractivity contribution < 1.29 is 14.3 Å². The monoisotopic (exact) mass is 346 g/mol. The maximum Gasteiger partial charge on any atom is 0.263 e. The molecule has 1 aliphatic heterocycles. The van der Waals surface area contributed by atoms with Crippen molar-refractivity contribution in [1.29, 1.82) is 0 Å². The van der Waals surface area contributed by atoms with Crippen LogP contribution in [0.1, 0.15) is 35.1 Å². The third-order valence-corrected chi connectivity index (χ3v) is 5.43. The summed E-state index contributed by atoms with van der Waals surface area (Å²) in [6.07, 6.45) is 2.18. The highest BCUT2D eigenvalue weighted by Gasteiger charge is 2.25. The Labute approximate surface area is 146 Å². The van der Waals surface area contributed by atoms with Crippen LogP contribution in [-0.4, -0.2) is 36.8 Å². The fraction of sp³-hybridized carbons (Fsp3) is 0.444. The molecule has 2 heterocycles. The molecular weight excluding hydrogens is 324 g/mol. The summed E-state index contributed by atoms with van der Waals surface area (Å²) in [6.45, 7) is 4.65. The molecule has 1 aromatic heterocycles. The highest BCUT2D eigenvalue weighted by Crippen LogP contribution is 2.29. The Morgan fingerprint density at radius 1 is 1.42 bits per heavy atom. The summed E-state index contributed by atoms with van der Waals surface area (Å²) in [5, 5.41) is 3.89. The molecule has 1 N–H and O–H groups in total. The minimum absolute atomic E-state index is 0.00550. The molecule has 2 atom stereocenters. The molecule has 1 amide bonds. The number of aryl methyl sites for hydroxylation is 1. The third-order valence-electron chi connectivity index (χ3n) is 4.22. The van der Waals surface area contributed by atoms with Gasteiger partial charge in [-0.1, -0.05) is 0 Å². The standard InChI is InChI=1S/C18H22N2O3S/c1-11(15-5-4-10-23-15)19-17(21)16-12(2)20-18(24-16)13-6-8-14(22-3)9-7-13/h6-9,11,15H,4-5,10H2,1-3H3,(H,19,21)/t11-,15-/m1/s1. The molecule has 1 aromatic carbocycles. The Morgan fingerprint density at radius 2 is 2.17 bits per heavy atom. The lowest BCUT2D eigenvalue weighted by molar-refractivity contribution is 0.0714. The first-order valence-electron chi connectivity index (χ1n) is 8.13. The van der Waals surface area contributed by atoms with Crippen molar-refractivity contribution in [2.45, 2.75) is 38.8 Å². The number of thiazole rings is 1. The number of amides is 1. The second-order valence-electron chi connectivity index (χ2n) is 5.98. The van der Waals surface area contributed by atoms with Gasteiger partial charge in [0.2, 0.25) is 0 Å². The van der Waals surface area contributed by atoms with E-state index in [1.165, 1.54) is 11.3 Å². The van der Waals surface area contributed by atoms with E-state index in [1.807, 2.05) is 38.1 Å². The van der Waals surface area contributed by atoms with Gasteiger partial charge >= 0.3 is 0 Å². The topological polar surface area (TPSA) is 60.5 Å². The molecule has 1 aliphatic rings. The smallest absolute Gasteiger partial charge is 0.263 e. The zero-order chi connectivity index (χ0) is 17.1. The zero-order valence-corrected chi connectivity index (χ0v) is 15.0. The Kier molecular flexibility index (Phi) is 5.16. The second-order valence-corrected chi connectivity index (χ2v) is 6.97. The quantitative estimate of drug-likeness (QED) is 0.901. The average Bonchev–Trinajstić information content (AvgIpc) is 3.24. The number of hydrogen-bond donors (Lipinski definition) is 1. The van der Waals surface area contributed by atoms with Crippen LogP contribution in [0.4, 0.5) is 0 Å². The normalized spacial score (nSPS) is 18.4. The number of carbonyl (C=O) groups excluding carboxylic acids is 1. The molecule has 0 saturated carbocycles. The van der Waals surface area contributed by atoms with E-state index in [1.54, 1.807) is 7.11 Å². The number of carbonyl (C=O) groups is 1. The number of aromatic nitrogens is 1. The number of hydrogen-bond acceptors (Lipinski definition) is 5. The summed E-state index contributed by atoms with van der Waals surface area (Å²) in [7, 11) is 1.64. The predicted molar refractivity (Wildman–Crippen MR) is 94.7 cm³/mol. The molecule has 6 heteroatoms. The van der Waals surface area contributed by atoms with Crippen LogP contribution in [-0.2, 0) is 4.74 Å². The van der Waals surface area contributed by atoms with Crippen LogP contribution in [0.25, 0.3) is 10.6 Å². The van der Waals surface area contributed by atoms with Crippen LogP contribution in [0.15, 0.2) is 24.3 Å². The van der Waals surface area contributed by atoms with Crippen molar-refractivity contribution in [3.63, 3.8) is 0 Å². The number of benzene rings is 1. The first kappa shape index (κ1) is 16.9. The van der Waals surface area contributed by atoms with Gasteiger partial charge in [0, 0.05) is 12.2 Å². The molecule has 0 aliphatic carbocycles. The molecule has 3 rings (SSSR count). The SMILES string of the molecule is COc1ccc(-c2nc(C)c(C(=O)N[C@H](C)[C@H]3CCCO3)s2)cc1. The number of ether oxygens (including phenoxy) is 2. The van der Waals surface area contributed by atoms with Crippen LogP contribution in [0.3, 0.4) is 0 Å². The molecule has 1 fully saturated rings. The minimum Gasteiger partial charge on any atom is -0.497 e. The van der Waals surface area contributed by atoms with Gasteiger partial charge in [-0.05, 0) is 51.0 Å². The van der Waals surface area contributed by atoms with Crippen molar-refractivity contribution in [1.82, 2.24) is 10.3 Å². The Morgan fingerprint density at radius 3 is 2.79 bits per heavy atom. The fourth-order valence-corrected chi connectivity index (χ4v) is 3.80. The summed E-state index contributed by atoms with van der Waals surface area (Å²) < 4.78 is 10.8. The number of nitrogens with zero attached hydrogens (tertiary/aromatic N) is 1. The lowest BCUT2D eigenvalue weighted by Gasteiger charge is -2.19. The molecule has 0 bridgehead atoms. The fourth-order valence-electron chi connectivity index (χ4n) is 2.83. The Balaban J connectivity index is 1.73. The largest absolute Gasteiger partial charge is 0.497 e. The van der Waals surface area contributed by atoms with E-state index in [0.717, 1.165) is 41.5 Å². The molecule has 0 unspecified atom stereocenters. The third kappa shape index (κ3) is 3.60. The van der Waals surface area contributed by atoms with Crippen molar-refractivity contribution in [2.24, 2.45) is 0 Å². The van der Waals surface area contributed by atoms with E-state index in [0.29, 0.717) is 4.88 Å². The first-order chi connectivity index (χ1) is 11.6. The summed E-state index contributed by atoms with van der Waals surface area (Å²) in [6, 6.07) is 7.70. The summed E-state index contributed by atoms with van der Waals surface area (Å²) in [5.74, 6) is 0.725. The van der Waals surface area contributed by atoms with Crippen molar-refractivity contribution in [2.75, 3.05) is 13.7 Å². The summed E-state index contributed by atoms with van der Waals surface area (Å²) in [4.78, 5) is 17.8. The molecular formula is C18H22N2O3S.